The van der Waals surface area contributed by atoms with Gasteiger partial charge in [-0.3, -0.25) is 5.73 Å². The number of sulfone groups is 1. The lowest BCUT2D eigenvalue weighted by atomic mass is 9.88. The van der Waals surface area contributed by atoms with E-state index < -0.39 is 9.84 Å². The summed E-state index contributed by atoms with van der Waals surface area (Å²) in [6.07, 6.45) is 0.638. The van der Waals surface area contributed by atoms with Gasteiger partial charge in [-0.1, -0.05) is 65.9 Å². The molecule has 4 aromatic rings. The van der Waals surface area contributed by atoms with E-state index in [4.69, 9.17) is 10.5 Å². The van der Waals surface area contributed by atoms with Crippen molar-refractivity contribution in [2.75, 3.05) is 12.8 Å². The van der Waals surface area contributed by atoms with Gasteiger partial charge in [0.05, 0.1) is 23.7 Å². The maximum absolute atomic E-state index is 13.0. The maximum Gasteiger partial charge on any atom is 0.329 e. The van der Waals surface area contributed by atoms with E-state index in [0.29, 0.717) is 16.4 Å². The van der Waals surface area contributed by atoms with Gasteiger partial charge in [0.25, 0.3) is 0 Å². The fourth-order valence-corrected chi connectivity index (χ4v) is 5.86. The van der Waals surface area contributed by atoms with Crippen molar-refractivity contribution in [3.05, 3.63) is 107 Å². The topological polar surface area (TPSA) is 83.5 Å². The molecule has 1 atom stereocenters. The van der Waals surface area contributed by atoms with Gasteiger partial charge in [0.2, 0.25) is 0 Å². The van der Waals surface area contributed by atoms with Gasteiger partial charge in [-0.15, -0.1) is 0 Å². The van der Waals surface area contributed by atoms with Crippen LogP contribution in [-0.2, 0) is 22.0 Å². The molecule has 0 saturated heterocycles. The Hall–Kier alpha value is -3.16. The smallest absolute Gasteiger partial charge is 0.329 e. The Kier molecular flexibility index (Phi) is 6.58. The van der Waals surface area contributed by atoms with Gasteiger partial charge in [0, 0.05) is 5.38 Å². The van der Waals surface area contributed by atoms with Gasteiger partial charge in [-0.25, -0.2) is 13.4 Å². The van der Waals surface area contributed by atoms with Crippen LogP contribution in [0.15, 0.2) is 89.1 Å². The fourth-order valence-electron chi connectivity index (χ4n) is 3.77. The first-order valence-corrected chi connectivity index (χ1v) is 12.7. The van der Waals surface area contributed by atoms with Crippen molar-refractivity contribution in [3.63, 3.8) is 0 Å². The average Bonchev–Trinajstić information content (AvgIpc) is 3.25. The number of aromatic amines is 1. The fraction of sp³-hybridized carbons (Fsp3) is 0.160. The quantitative estimate of drug-likeness (QED) is 0.415. The van der Waals surface area contributed by atoms with E-state index in [-0.39, 0.29) is 11.7 Å². The van der Waals surface area contributed by atoms with Crippen LogP contribution in [0.1, 0.15) is 28.3 Å². The lowest BCUT2D eigenvalue weighted by Crippen LogP contribution is -2.18. The van der Waals surface area contributed by atoms with Gasteiger partial charge in [-0.05, 0) is 47.4 Å². The number of hydrogen-bond acceptors (Lipinski definition) is 5. The van der Waals surface area contributed by atoms with E-state index in [1.165, 1.54) is 11.3 Å². The number of benzene rings is 3. The minimum absolute atomic E-state index is 0.00460. The molecule has 0 fully saturated rings. The predicted octanol–water partition coefficient (Wildman–Crippen LogP) is 4.50. The summed E-state index contributed by atoms with van der Waals surface area (Å²) in [4.78, 5) is 3.60. The van der Waals surface area contributed by atoms with Crippen molar-refractivity contribution in [1.29, 1.82) is 0 Å². The number of nitrogens with two attached hydrogens (primary N) is 1. The normalized spacial score (nSPS) is 12.4. The van der Waals surface area contributed by atoms with E-state index in [2.05, 4.69) is 4.98 Å². The molecule has 0 saturated carbocycles. The van der Waals surface area contributed by atoms with Crippen LogP contribution in [0.4, 0.5) is 5.13 Å². The number of thiazole rings is 1. The Labute approximate surface area is 192 Å². The summed E-state index contributed by atoms with van der Waals surface area (Å²) >= 11 is 1.46. The van der Waals surface area contributed by atoms with Crippen LogP contribution in [0.2, 0.25) is 0 Å². The lowest BCUT2D eigenvalue weighted by molar-refractivity contribution is -0.368. The van der Waals surface area contributed by atoms with Crippen LogP contribution in [0.5, 0.6) is 5.75 Å². The van der Waals surface area contributed by atoms with Crippen molar-refractivity contribution in [3.8, 4) is 5.75 Å². The molecule has 1 heterocycles. The molecule has 32 heavy (non-hydrogen) atoms. The molecule has 5 nitrogen and oxygen atoms in total. The number of rotatable bonds is 8. The second kappa shape index (κ2) is 9.54. The molecule has 0 aliphatic heterocycles. The number of nitrogens with one attached hydrogen (secondary N) is 1. The Morgan fingerprint density at radius 1 is 0.938 bits per heavy atom. The number of methoxy groups -OCH3 is 1. The minimum Gasteiger partial charge on any atom is -0.497 e. The number of H-pyrrole nitrogens is 1. The highest BCUT2D eigenvalue weighted by Crippen LogP contribution is 2.31. The molecule has 0 bridgehead atoms. The molecule has 0 aliphatic rings. The van der Waals surface area contributed by atoms with Crippen LogP contribution in [0, 0.1) is 0 Å². The zero-order chi connectivity index (χ0) is 22.6. The monoisotopic (exact) mass is 465 g/mol. The second-order valence-electron chi connectivity index (χ2n) is 7.55. The Balaban J connectivity index is 1.69. The molecule has 0 amide bonds. The van der Waals surface area contributed by atoms with Crippen molar-refractivity contribution in [2.45, 2.75) is 23.0 Å². The van der Waals surface area contributed by atoms with Crippen LogP contribution in [0.25, 0.3) is 0 Å². The third-order valence-electron chi connectivity index (χ3n) is 5.46. The van der Waals surface area contributed by atoms with Crippen molar-refractivity contribution in [2.24, 2.45) is 0 Å². The molecular weight excluding hydrogens is 440 g/mol. The first kappa shape index (κ1) is 22.0. The molecule has 0 aliphatic carbocycles. The predicted molar refractivity (Wildman–Crippen MR) is 128 cm³/mol. The van der Waals surface area contributed by atoms with Gasteiger partial charge in [-0.2, -0.15) is 0 Å². The second-order valence-corrected chi connectivity index (χ2v) is 10.5. The number of ether oxygens (including phenoxy) is 1. The summed E-state index contributed by atoms with van der Waals surface area (Å²) in [5.74, 6) is 0.739. The average molecular weight is 466 g/mol. The highest BCUT2D eigenvalue weighted by Gasteiger charge is 2.23. The van der Waals surface area contributed by atoms with E-state index in [0.717, 1.165) is 28.1 Å². The third-order valence-corrected chi connectivity index (χ3v) is 7.87. The molecule has 1 unspecified atom stereocenters. The molecular formula is C25H25N2O3S2+. The summed E-state index contributed by atoms with van der Waals surface area (Å²) in [7, 11) is -1.81. The number of aromatic nitrogens is 1. The largest absolute Gasteiger partial charge is 0.497 e. The summed E-state index contributed by atoms with van der Waals surface area (Å²) in [5.41, 5.74) is 9.87. The molecule has 1 aromatic heterocycles. The highest BCUT2D eigenvalue weighted by atomic mass is 32.2. The number of anilines is 1. The third kappa shape index (κ3) is 5.00. The van der Waals surface area contributed by atoms with Gasteiger partial charge in [0.15, 0.2) is 9.84 Å². The first-order chi connectivity index (χ1) is 15.5. The highest BCUT2D eigenvalue weighted by molar-refractivity contribution is 7.90. The molecule has 3 aromatic carbocycles. The maximum atomic E-state index is 13.0. The minimum atomic E-state index is -3.45. The van der Waals surface area contributed by atoms with Gasteiger partial charge < -0.3 is 4.74 Å². The molecule has 0 radical (unpaired) electrons. The molecule has 7 heteroatoms. The Morgan fingerprint density at radius 3 is 2.22 bits per heavy atom. The summed E-state index contributed by atoms with van der Waals surface area (Å²) in [6.45, 7) is 0. The van der Waals surface area contributed by atoms with E-state index >= 15 is 0 Å². The number of hydrogen-bond donors (Lipinski definition) is 1. The Bertz CT molecular complexity index is 1280. The summed E-state index contributed by atoms with van der Waals surface area (Å²) in [6, 6.07) is 24.3. The van der Waals surface area contributed by atoms with Crippen LogP contribution >= 0.6 is 11.3 Å². The van der Waals surface area contributed by atoms with Gasteiger partial charge in [0.1, 0.15) is 11.4 Å². The van der Waals surface area contributed by atoms with E-state index in [9.17, 15) is 8.42 Å². The first-order valence-electron chi connectivity index (χ1n) is 10.2. The molecule has 164 valence electrons. The zero-order valence-corrected chi connectivity index (χ0v) is 19.3. The lowest BCUT2D eigenvalue weighted by Gasteiger charge is -2.17. The van der Waals surface area contributed by atoms with Crippen LogP contribution < -0.4 is 15.5 Å². The molecule has 0 spiro atoms. The summed E-state index contributed by atoms with van der Waals surface area (Å²) < 4.78 is 31.3. The molecule has 4 rings (SSSR count). The van der Waals surface area contributed by atoms with Crippen LogP contribution in [-0.4, -0.2) is 15.5 Å². The molecule has 3 N–H and O–H groups in total. The Morgan fingerprint density at radius 2 is 1.59 bits per heavy atom. The van der Waals surface area contributed by atoms with Crippen molar-refractivity contribution >= 4 is 26.3 Å². The SMILES string of the molecule is COc1ccc(C(Cc2ccccc2CS(=O)(=O)c2ccccc2)c2csc(N)[nH+]2)cc1. The zero-order valence-electron chi connectivity index (χ0n) is 17.7. The van der Waals surface area contributed by atoms with E-state index in [1.54, 1.807) is 31.4 Å². The van der Waals surface area contributed by atoms with Crippen molar-refractivity contribution in [1.82, 2.24) is 0 Å². The van der Waals surface area contributed by atoms with Crippen LogP contribution in [0.3, 0.4) is 0 Å². The van der Waals surface area contributed by atoms with E-state index in [1.807, 2.05) is 60.0 Å². The number of nitrogen functional groups attached to an aromatic ring is 1. The van der Waals surface area contributed by atoms with Gasteiger partial charge >= 0.3 is 5.13 Å². The van der Waals surface area contributed by atoms with Crippen molar-refractivity contribution < 1.29 is 18.1 Å². The standard InChI is InChI=1S/C25H24N2O3S2/c1-30-21-13-11-18(12-14-21)23(24-16-31-25(26)27-24)15-19-7-5-6-8-20(19)17-32(28,29)22-9-3-2-4-10-22/h2-14,16,23H,15,17H2,1H3,(H2,26,27)/p+1. The summed E-state index contributed by atoms with van der Waals surface area (Å²) in [5, 5.41) is 2.66.